The van der Waals surface area contributed by atoms with E-state index in [2.05, 4.69) is 12.2 Å². The van der Waals surface area contributed by atoms with E-state index in [1.165, 1.54) is 12.1 Å². The summed E-state index contributed by atoms with van der Waals surface area (Å²) in [6.07, 6.45) is 2.88. The Morgan fingerprint density at radius 1 is 1.38 bits per heavy atom. The number of rotatable bonds is 10. The Balaban J connectivity index is 2.23. The molecule has 0 saturated heterocycles. The average Bonchev–Trinajstić information content (AvgIpc) is 2.47. The minimum absolute atomic E-state index is 0.120. The Morgan fingerprint density at radius 3 is 2.81 bits per heavy atom. The third-order valence-corrected chi connectivity index (χ3v) is 3.25. The van der Waals surface area contributed by atoms with Crippen molar-refractivity contribution < 1.29 is 19.0 Å². The Labute approximate surface area is 125 Å². The molecular formula is C16H24FNO3. The van der Waals surface area contributed by atoms with Crippen LogP contribution in [0.2, 0.25) is 0 Å². The van der Waals surface area contributed by atoms with Crippen molar-refractivity contribution in [1.82, 2.24) is 5.32 Å². The molecule has 1 atom stereocenters. The van der Waals surface area contributed by atoms with E-state index in [9.17, 15) is 9.18 Å². The highest BCUT2D eigenvalue weighted by molar-refractivity contribution is 5.75. The largest absolute Gasteiger partial charge is 0.490 e. The lowest BCUT2D eigenvalue weighted by atomic mass is 10.0. The van der Waals surface area contributed by atoms with Crippen LogP contribution in [-0.2, 0) is 4.79 Å². The SMILES string of the molecule is CCCC(CCO)CNC(=O)CCOc1ccccc1F. The second kappa shape index (κ2) is 10.2. The molecule has 0 radical (unpaired) electrons. The van der Waals surface area contributed by atoms with Gasteiger partial charge in [0, 0.05) is 13.2 Å². The number of halogens is 1. The van der Waals surface area contributed by atoms with Gasteiger partial charge in [-0.25, -0.2) is 4.39 Å². The third kappa shape index (κ3) is 7.09. The van der Waals surface area contributed by atoms with Gasteiger partial charge in [-0.1, -0.05) is 25.5 Å². The monoisotopic (exact) mass is 297 g/mol. The zero-order valence-corrected chi connectivity index (χ0v) is 12.5. The Hall–Kier alpha value is -1.62. The van der Waals surface area contributed by atoms with Crippen LogP contribution in [0.5, 0.6) is 5.75 Å². The third-order valence-electron chi connectivity index (χ3n) is 3.25. The van der Waals surface area contributed by atoms with Crippen LogP contribution in [-0.4, -0.2) is 30.8 Å². The molecule has 0 aromatic heterocycles. The summed E-state index contributed by atoms with van der Waals surface area (Å²) in [5.74, 6) is -0.0832. The molecule has 0 aliphatic rings. The van der Waals surface area contributed by atoms with Crippen LogP contribution in [0, 0.1) is 11.7 Å². The number of aliphatic hydroxyl groups excluding tert-OH is 1. The fourth-order valence-electron chi connectivity index (χ4n) is 2.10. The summed E-state index contributed by atoms with van der Waals surface area (Å²) in [6, 6.07) is 6.12. The smallest absolute Gasteiger partial charge is 0.223 e. The molecule has 0 fully saturated rings. The fourth-order valence-corrected chi connectivity index (χ4v) is 2.10. The predicted octanol–water partition coefficient (Wildman–Crippen LogP) is 2.51. The summed E-state index contributed by atoms with van der Waals surface area (Å²) in [5.41, 5.74) is 0. The van der Waals surface area contributed by atoms with Crippen LogP contribution < -0.4 is 10.1 Å². The van der Waals surface area contributed by atoms with E-state index in [4.69, 9.17) is 9.84 Å². The molecule has 1 rings (SSSR count). The molecule has 0 heterocycles. The summed E-state index contributed by atoms with van der Waals surface area (Å²) in [7, 11) is 0. The molecule has 0 aliphatic carbocycles. The Bertz CT molecular complexity index is 420. The predicted molar refractivity (Wildman–Crippen MR) is 79.6 cm³/mol. The number of carbonyl (C=O) groups excluding carboxylic acids is 1. The topological polar surface area (TPSA) is 58.6 Å². The van der Waals surface area contributed by atoms with E-state index in [0.29, 0.717) is 18.9 Å². The first kappa shape index (κ1) is 17.4. The van der Waals surface area contributed by atoms with Crippen LogP contribution in [0.25, 0.3) is 0 Å². The zero-order chi connectivity index (χ0) is 15.5. The molecule has 5 heteroatoms. The van der Waals surface area contributed by atoms with E-state index in [-0.39, 0.29) is 31.3 Å². The van der Waals surface area contributed by atoms with Gasteiger partial charge in [0.2, 0.25) is 5.91 Å². The minimum atomic E-state index is -0.427. The molecule has 1 aromatic rings. The molecule has 1 unspecified atom stereocenters. The quantitative estimate of drug-likeness (QED) is 0.697. The molecule has 1 aromatic carbocycles. The van der Waals surface area contributed by atoms with Crippen LogP contribution in [0.15, 0.2) is 24.3 Å². The van der Waals surface area contributed by atoms with Gasteiger partial charge in [-0.2, -0.15) is 0 Å². The van der Waals surface area contributed by atoms with Gasteiger partial charge in [-0.3, -0.25) is 4.79 Å². The molecule has 21 heavy (non-hydrogen) atoms. The van der Waals surface area contributed by atoms with Crippen molar-refractivity contribution >= 4 is 5.91 Å². The molecular weight excluding hydrogens is 273 g/mol. The van der Waals surface area contributed by atoms with Gasteiger partial charge in [0.1, 0.15) is 0 Å². The number of ether oxygens (including phenoxy) is 1. The van der Waals surface area contributed by atoms with Crippen molar-refractivity contribution in [3.8, 4) is 5.75 Å². The number of amides is 1. The van der Waals surface area contributed by atoms with Crippen molar-refractivity contribution in [1.29, 1.82) is 0 Å². The molecule has 118 valence electrons. The molecule has 0 aliphatic heterocycles. The second-order valence-corrected chi connectivity index (χ2v) is 5.00. The van der Waals surface area contributed by atoms with Gasteiger partial charge < -0.3 is 15.2 Å². The van der Waals surface area contributed by atoms with Crippen LogP contribution >= 0.6 is 0 Å². The van der Waals surface area contributed by atoms with Crippen molar-refractivity contribution in [2.75, 3.05) is 19.8 Å². The van der Waals surface area contributed by atoms with Gasteiger partial charge >= 0.3 is 0 Å². The summed E-state index contributed by atoms with van der Waals surface area (Å²) in [4.78, 5) is 11.7. The van der Waals surface area contributed by atoms with Gasteiger partial charge in [0.25, 0.3) is 0 Å². The molecule has 2 N–H and O–H groups in total. The first-order valence-electron chi connectivity index (χ1n) is 7.42. The lowest BCUT2D eigenvalue weighted by molar-refractivity contribution is -0.121. The maximum atomic E-state index is 13.3. The first-order chi connectivity index (χ1) is 10.2. The van der Waals surface area contributed by atoms with Crippen molar-refractivity contribution in [3.05, 3.63) is 30.1 Å². The zero-order valence-electron chi connectivity index (χ0n) is 12.5. The second-order valence-electron chi connectivity index (χ2n) is 5.00. The summed E-state index contributed by atoms with van der Waals surface area (Å²) in [6.45, 7) is 2.92. The Kier molecular flexibility index (Phi) is 8.43. The number of aliphatic hydroxyl groups is 1. The highest BCUT2D eigenvalue weighted by Crippen LogP contribution is 2.15. The van der Waals surface area contributed by atoms with Gasteiger partial charge in [-0.05, 0) is 30.9 Å². The maximum absolute atomic E-state index is 13.3. The summed E-state index contributed by atoms with van der Waals surface area (Å²) >= 11 is 0. The van der Waals surface area contributed by atoms with Crippen molar-refractivity contribution in [3.63, 3.8) is 0 Å². The Morgan fingerprint density at radius 2 is 2.14 bits per heavy atom. The molecule has 0 bridgehead atoms. The lowest BCUT2D eigenvalue weighted by Crippen LogP contribution is -2.30. The van der Waals surface area contributed by atoms with Crippen LogP contribution in [0.3, 0.4) is 0 Å². The van der Waals surface area contributed by atoms with Crippen LogP contribution in [0.4, 0.5) is 4.39 Å². The van der Waals surface area contributed by atoms with E-state index < -0.39 is 5.82 Å². The van der Waals surface area contributed by atoms with Gasteiger partial charge in [-0.15, -0.1) is 0 Å². The number of hydrogen-bond donors (Lipinski definition) is 2. The van der Waals surface area contributed by atoms with Gasteiger partial charge in [0.15, 0.2) is 11.6 Å². The van der Waals surface area contributed by atoms with Crippen molar-refractivity contribution in [2.45, 2.75) is 32.6 Å². The molecule has 1 amide bonds. The first-order valence-corrected chi connectivity index (χ1v) is 7.42. The summed E-state index contributed by atoms with van der Waals surface area (Å²) < 4.78 is 18.5. The normalized spacial score (nSPS) is 12.0. The highest BCUT2D eigenvalue weighted by atomic mass is 19.1. The molecule has 0 spiro atoms. The fraction of sp³-hybridized carbons (Fsp3) is 0.562. The average molecular weight is 297 g/mol. The number of benzene rings is 1. The number of para-hydroxylation sites is 1. The van der Waals surface area contributed by atoms with Gasteiger partial charge in [0.05, 0.1) is 13.0 Å². The lowest BCUT2D eigenvalue weighted by Gasteiger charge is -2.15. The maximum Gasteiger partial charge on any atom is 0.223 e. The van der Waals surface area contributed by atoms with E-state index in [0.717, 1.165) is 12.8 Å². The number of carbonyl (C=O) groups is 1. The standard InChI is InChI=1S/C16H24FNO3/c1-2-5-13(8-10-19)12-18-16(20)9-11-21-15-7-4-3-6-14(15)17/h3-4,6-7,13,19H,2,5,8-12H2,1H3,(H,18,20). The number of hydrogen-bond acceptors (Lipinski definition) is 3. The van der Waals surface area contributed by atoms with E-state index in [1.54, 1.807) is 12.1 Å². The highest BCUT2D eigenvalue weighted by Gasteiger charge is 2.10. The van der Waals surface area contributed by atoms with E-state index in [1.807, 2.05) is 0 Å². The molecule has 4 nitrogen and oxygen atoms in total. The number of nitrogens with one attached hydrogen (secondary N) is 1. The van der Waals surface area contributed by atoms with Crippen LogP contribution in [0.1, 0.15) is 32.6 Å². The minimum Gasteiger partial charge on any atom is -0.490 e. The molecule has 0 saturated carbocycles. The van der Waals surface area contributed by atoms with Crippen molar-refractivity contribution in [2.24, 2.45) is 5.92 Å². The van der Waals surface area contributed by atoms with E-state index >= 15 is 0 Å². The summed E-state index contributed by atoms with van der Waals surface area (Å²) in [5, 5.41) is 11.8.